The third-order valence-electron chi connectivity index (χ3n) is 3.91. The molecule has 8 heteroatoms. The molecule has 2 atom stereocenters. The van der Waals surface area contributed by atoms with Crippen LogP contribution in [0.15, 0.2) is 6.20 Å². The highest BCUT2D eigenvalue weighted by molar-refractivity contribution is 5.84. The van der Waals surface area contributed by atoms with Crippen molar-refractivity contribution in [1.82, 2.24) is 19.9 Å². The number of hydrogen-bond acceptors (Lipinski definition) is 5. The van der Waals surface area contributed by atoms with Crippen molar-refractivity contribution in [2.45, 2.75) is 25.5 Å². The molecule has 3 heterocycles. The van der Waals surface area contributed by atoms with Gasteiger partial charge in [-0.2, -0.15) is 0 Å². The number of carbonyl (C=O) groups excluding carboxylic acids is 1. The molecule has 1 aromatic heterocycles. The number of nitrogens with zero attached hydrogens (tertiary/aromatic N) is 4. The molecule has 1 amide bonds. The molecule has 2 aliphatic heterocycles. The van der Waals surface area contributed by atoms with Crippen molar-refractivity contribution < 1.29 is 19.4 Å². The SMILES string of the molecule is CC1CCOC1C(=O)N1CC(n2cc(C(=O)O)nn2)C1. The summed E-state index contributed by atoms with van der Waals surface area (Å²) in [4.78, 5) is 24.6. The summed E-state index contributed by atoms with van der Waals surface area (Å²) in [5, 5.41) is 16.1. The first-order valence-electron chi connectivity index (χ1n) is 6.62. The molecule has 108 valence electrons. The maximum Gasteiger partial charge on any atom is 0.358 e. The zero-order valence-electron chi connectivity index (χ0n) is 11.1. The zero-order valence-corrected chi connectivity index (χ0v) is 11.1. The highest BCUT2D eigenvalue weighted by Crippen LogP contribution is 2.27. The number of rotatable bonds is 3. The fraction of sp³-hybridized carbons (Fsp3) is 0.667. The molecule has 2 unspecified atom stereocenters. The van der Waals surface area contributed by atoms with E-state index in [4.69, 9.17) is 9.84 Å². The molecular formula is C12H16N4O4. The molecule has 0 aromatic carbocycles. The highest BCUT2D eigenvalue weighted by Gasteiger charge is 2.40. The van der Waals surface area contributed by atoms with Gasteiger partial charge in [0.15, 0.2) is 5.69 Å². The van der Waals surface area contributed by atoms with Crippen molar-refractivity contribution >= 4 is 11.9 Å². The predicted octanol–water partition coefficient (Wildman–Crippen LogP) is -0.215. The summed E-state index contributed by atoms with van der Waals surface area (Å²) in [5.41, 5.74) is -0.0810. The number of aromatic carboxylic acids is 1. The van der Waals surface area contributed by atoms with E-state index < -0.39 is 5.97 Å². The Labute approximate surface area is 115 Å². The summed E-state index contributed by atoms with van der Waals surface area (Å²) in [6.45, 7) is 3.70. The molecule has 0 radical (unpaired) electrons. The minimum Gasteiger partial charge on any atom is -0.476 e. The van der Waals surface area contributed by atoms with Gasteiger partial charge in [0.05, 0.1) is 12.2 Å². The molecule has 0 spiro atoms. The molecule has 2 fully saturated rings. The van der Waals surface area contributed by atoms with E-state index in [-0.39, 0.29) is 29.7 Å². The van der Waals surface area contributed by atoms with Gasteiger partial charge in [-0.3, -0.25) is 4.79 Å². The van der Waals surface area contributed by atoms with Crippen LogP contribution >= 0.6 is 0 Å². The highest BCUT2D eigenvalue weighted by atomic mass is 16.5. The fourth-order valence-corrected chi connectivity index (χ4v) is 2.55. The van der Waals surface area contributed by atoms with Crippen molar-refractivity contribution in [3.05, 3.63) is 11.9 Å². The van der Waals surface area contributed by atoms with Gasteiger partial charge in [-0.25, -0.2) is 9.48 Å². The summed E-state index contributed by atoms with van der Waals surface area (Å²) in [6, 6.07) is -0.00346. The van der Waals surface area contributed by atoms with Crippen LogP contribution in [0, 0.1) is 5.92 Å². The lowest BCUT2D eigenvalue weighted by molar-refractivity contribution is -0.148. The fourth-order valence-electron chi connectivity index (χ4n) is 2.55. The minimum absolute atomic E-state index is 0.00346. The number of carboxylic acids is 1. The molecule has 2 aliphatic rings. The molecule has 3 rings (SSSR count). The Hall–Kier alpha value is -1.96. The number of ether oxygens (including phenoxy) is 1. The van der Waals surface area contributed by atoms with Crippen LogP contribution in [0.3, 0.4) is 0 Å². The van der Waals surface area contributed by atoms with Gasteiger partial charge in [0.2, 0.25) is 0 Å². The monoisotopic (exact) mass is 280 g/mol. The molecule has 1 aromatic rings. The lowest BCUT2D eigenvalue weighted by Crippen LogP contribution is -2.54. The van der Waals surface area contributed by atoms with E-state index >= 15 is 0 Å². The number of aromatic nitrogens is 3. The van der Waals surface area contributed by atoms with E-state index in [0.29, 0.717) is 19.7 Å². The molecule has 20 heavy (non-hydrogen) atoms. The van der Waals surface area contributed by atoms with Crippen LogP contribution in [-0.4, -0.2) is 62.7 Å². The van der Waals surface area contributed by atoms with E-state index in [1.54, 1.807) is 4.90 Å². The lowest BCUT2D eigenvalue weighted by atomic mass is 10.0. The molecule has 2 saturated heterocycles. The van der Waals surface area contributed by atoms with Crippen molar-refractivity contribution in [2.75, 3.05) is 19.7 Å². The maximum atomic E-state index is 12.2. The van der Waals surface area contributed by atoms with Crippen LogP contribution < -0.4 is 0 Å². The van der Waals surface area contributed by atoms with Gasteiger partial charge in [0.25, 0.3) is 5.91 Å². The summed E-state index contributed by atoms with van der Waals surface area (Å²) in [7, 11) is 0. The Kier molecular flexibility index (Phi) is 3.17. The van der Waals surface area contributed by atoms with Crippen LogP contribution in [-0.2, 0) is 9.53 Å². The van der Waals surface area contributed by atoms with Crippen molar-refractivity contribution in [1.29, 1.82) is 0 Å². The largest absolute Gasteiger partial charge is 0.476 e. The molecule has 0 aliphatic carbocycles. The average molecular weight is 280 g/mol. The Bertz CT molecular complexity index is 537. The average Bonchev–Trinajstić information content (AvgIpc) is 2.95. The number of hydrogen-bond donors (Lipinski definition) is 1. The Morgan fingerprint density at radius 3 is 2.75 bits per heavy atom. The first-order chi connectivity index (χ1) is 9.56. The van der Waals surface area contributed by atoms with Crippen molar-refractivity contribution in [2.24, 2.45) is 5.92 Å². The Morgan fingerprint density at radius 2 is 2.20 bits per heavy atom. The van der Waals surface area contributed by atoms with Crippen molar-refractivity contribution in [3.63, 3.8) is 0 Å². The minimum atomic E-state index is -1.10. The number of carbonyl (C=O) groups is 2. The topological polar surface area (TPSA) is 97.5 Å². The summed E-state index contributed by atoms with van der Waals surface area (Å²) in [6.07, 6.45) is 1.98. The number of likely N-dealkylation sites (tertiary alicyclic amines) is 1. The smallest absolute Gasteiger partial charge is 0.358 e. The standard InChI is InChI=1S/C12H16N4O4/c1-7-2-3-20-10(7)11(17)15-4-8(5-15)16-6-9(12(18)19)13-14-16/h6-8,10H,2-5H2,1H3,(H,18,19). The van der Waals surface area contributed by atoms with E-state index in [1.165, 1.54) is 10.9 Å². The molecule has 0 bridgehead atoms. The second kappa shape index (κ2) is 4.86. The van der Waals surface area contributed by atoms with Crippen LogP contribution in [0.5, 0.6) is 0 Å². The number of carboxylic acid groups (broad SMARTS) is 1. The molecule has 1 N–H and O–H groups in total. The molecular weight excluding hydrogens is 264 g/mol. The molecule has 8 nitrogen and oxygen atoms in total. The maximum absolute atomic E-state index is 12.2. The Morgan fingerprint density at radius 1 is 1.45 bits per heavy atom. The summed E-state index contributed by atoms with van der Waals surface area (Å²) >= 11 is 0. The predicted molar refractivity (Wildman–Crippen MR) is 66.1 cm³/mol. The first-order valence-corrected chi connectivity index (χ1v) is 6.62. The summed E-state index contributed by atoms with van der Waals surface area (Å²) in [5.74, 6) is -0.826. The third-order valence-corrected chi connectivity index (χ3v) is 3.91. The van der Waals surface area contributed by atoms with E-state index in [9.17, 15) is 9.59 Å². The van der Waals surface area contributed by atoms with Gasteiger partial charge >= 0.3 is 5.97 Å². The van der Waals surface area contributed by atoms with E-state index in [1.807, 2.05) is 6.92 Å². The van der Waals surface area contributed by atoms with E-state index in [2.05, 4.69) is 10.3 Å². The third kappa shape index (κ3) is 2.15. The zero-order chi connectivity index (χ0) is 14.3. The van der Waals surface area contributed by atoms with Crippen molar-refractivity contribution in [3.8, 4) is 0 Å². The Balaban J connectivity index is 1.58. The normalized spacial score (nSPS) is 26.6. The van der Waals surface area contributed by atoms with Crippen LogP contribution in [0.1, 0.15) is 29.9 Å². The lowest BCUT2D eigenvalue weighted by Gasteiger charge is -2.40. The second-order valence-corrected chi connectivity index (χ2v) is 5.34. The first kappa shape index (κ1) is 13.0. The van der Waals surface area contributed by atoms with Gasteiger partial charge in [-0.15, -0.1) is 5.10 Å². The van der Waals surface area contributed by atoms with Gasteiger partial charge in [-0.05, 0) is 12.3 Å². The number of amides is 1. The quantitative estimate of drug-likeness (QED) is 0.822. The second-order valence-electron chi connectivity index (χ2n) is 5.34. The van der Waals surface area contributed by atoms with Gasteiger partial charge in [0.1, 0.15) is 6.10 Å². The van der Waals surface area contributed by atoms with Gasteiger partial charge in [0, 0.05) is 19.7 Å². The van der Waals surface area contributed by atoms with Crippen LogP contribution in [0.25, 0.3) is 0 Å². The molecule has 0 saturated carbocycles. The van der Waals surface area contributed by atoms with Gasteiger partial charge < -0.3 is 14.7 Å². The van der Waals surface area contributed by atoms with Crippen LogP contribution in [0.4, 0.5) is 0 Å². The van der Waals surface area contributed by atoms with E-state index in [0.717, 1.165) is 6.42 Å². The van der Waals surface area contributed by atoms with Gasteiger partial charge in [-0.1, -0.05) is 12.1 Å². The summed E-state index contributed by atoms with van der Waals surface area (Å²) < 4.78 is 6.96. The van der Waals surface area contributed by atoms with Crippen LogP contribution in [0.2, 0.25) is 0 Å².